The van der Waals surface area contributed by atoms with Crippen molar-refractivity contribution in [3.05, 3.63) is 29.6 Å². The van der Waals surface area contributed by atoms with Gasteiger partial charge in [-0.2, -0.15) is 18.3 Å². The second-order valence-electron chi connectivity index (χ2n) is 5.03. The molecular weight excluding hydrogens is 327 g/mol. The van der Waals surface area contributed by atoms with Crippen molar-refractivity contribution in [2.75, 3.05) is 7.11 Å². The van der Waals surface area contributed by atoms with E-state index in [2.05, 4.69) is 20.6 Å². The van der Waals surface area contributed by atoms with Crippen molar-refractivity contribution in [2.24, 2.45) is 0 Å². The van der Waals surface area contributed by atoms with Gasteiger partial charge in [-0.1, -0.05) is 6.92 Å². The number of ether oxygens (including phenoxy) is 1. The van der Waals surface area contributed by atoms with E-state index in [0.717, 1.165) is 6.20 Å². The first-order valence-electron chi connectivity index (χ1n) is 7.12. The average Bonchev–Trinajstić information content (AvgIpc) is 3.00. The van der Waals surface area contributed by atoms with Crippen LogP contribution in [-0.2, 0) is 6.18 Å². The third-order valence-corrected chi connectivity index (χ3v) is 3.32. The molecule has 2 rings (SSSR count). The number of nitrogens with one attached hydrogen (secondary N) is 1. The van der Waals surface area contributed by atoms with Gasteiger partial charge in [-0.15, -0.1) is 10.2 Å². The van der Waals surface area contributed by atoms with Gasteiger partial charge in [0.15, 0.2) is 11.5 Å². The van der Waals surface area contributed by atoms with Gasteiger partial charge in [-0.05, 0) is 19.4 Å². The second kappa shape index (κ2) is 6.85. The van der Waals surface area contributed by atoms with Crippen LogP contribution in [0.3, 0.4) is 0 Å². The molecule has 1 N–H and O–H groups in total. The zero-order valence-electron chi connectivity index (χ0n) is 13.3. The van der Waals surface area contributed by atoms with Crippen LogP contribution in [0.5, 0.6) is 5.88 Å². The maximum Gasteiger partial charge on any atom is 0.434 e. The smallest absolute Gasteiger partial charge is 0.434 e. The van der Waals surface area contributed by atoms with Gasteiger partial charge < -0.3 is 10.1 Å². The quantitative estimate of drug-likeness (QED) is 0.900. The van der Waals surface area contributed by atoms with E-state index < -0.39 is 23.3 Å². The lowest BCUT2D eigenvalue weighted by Gasteiger charge is -2.14. The van der Waals surface area contributed by atoms with E-state index in [1.54, 1.807) is 6.92 Å². The van der Waals surface area contributed by atoms with Gasteiger partial charge in [-0.25, -0.2) is 4.68 Å². The Morgan fingerprint density at radius 3 is 2.58 bits per heavy atom. The van der Waals surface area contributed by atoms with Gasteiger partial charge in [0.05, 0.1) is 18.9 Å². The third kappa shape index (κ3) is 3.63. The van der Waals surface area contributed by atoms with Crippen molar-refractivity contribution in [1.29, 1.82) is 0 Å². The Bertz CT molecular complexity index is 712. The number of alkyl halides is 3. The number of carbonyl (C=O) groups excluding carboxylic acids is 1. The first-order valence-corrected chi connectivity index (χ1v) is 7.12. The summed E-state index contributed by atoms with van der Waals surface area (Å²) >= 11 is 0. The van der Waals surface area contributed by atoms with Crippen molar-refractivity contribution < 1.29 is 22.7 Å². The van der Waals surface area contributed by atoms with Crippen molar-refractivity contribution in [3.8, 4) is 11.7 Å². The van der Waals surface area contributed by atoms with Crippen LogP contribution < -0.4 is 10.1 Å². The fraction of sp³-hybridized carbons (Fsp3) is 0.429. The summed E-state index contributed by atoms with van der Waals surface area (Å²) in [5, 5.41) is 13.4. The van der Waals surface area contributed by atoms with Crippen LogP contribution in [0.1, 0.15) is 36.3 Å². The Hall–Kier alpha value is -2.65. The van der Waals surface area contributed by atoms with Crippen LogP contribution in [0.25, 0.3) is 5.82 Å². The molecular formula is C14H16F3N5O2. The summed E-state index contributed by atoms with van der Waals surface area (Å²) in [7, 11) is 1.36. The number of hydrogen-bond donors (Lipinski definition) is 1. The Morgan fingerprint density at radius 1 is 1.38 bits per heavy atom. The van der Waals surface area contributed by atoms with E-state index in [1.165, 1.54) is 19.2 Å². The number of aromatic nitrogens is 4. The summed E-state index contributed by atoms with van der Waals surface area (Å²) in [6.07, 6.45) is -3.34. The van der Waals surface area contributed by atoms with E-state index in [0.29, 0.717) is 11.1 Å². The topological polar surface area (TPSA) is 81.9 Å². The molecule has 130 valence electrons. The molecule has 0 saturated heterocycles. The van der Waals surface area contributed by atoms with Crippen molar-refractivity contribution >= 4 is 5.91 Å². The van der Waals surface area contributed by atoms with E-state index in [1.807, 2.05) is 6.92 Å². The molecule has 7 nitrogen and oxygen atoms in total. The van der Waals surface area contributed by atoms with Gasteiger partial charge >= 0.3 is 6.18 Å². The first-order chi connectivity index (χ1) is 11.3. The maximum absolute atomic E-state index is 13.4. The zero-order chi connectivity index (χ0) is 17.9. The molecule has 0 saturated carbocycles. The predicted octanol–water partition coefficient (Wildman–Crippen LogP) is 2.22. The Morgan fingerprint density at radius 2 is 2.08 bits per heavy atom. The minimum absolute atomic E-state index is 0.147. The summed E-state index contributed by atoms with van der Waals surface area (Å²) < 4.78 is 45.7. The van der Waals surface area contributed by atoms with E-state index in [9.17, 15) is 18.0 Å². The molecule has 0 radical (unpaired) electrons. The summed E-state index contributed by atoms with van der Waals surface area (Å²) in [6, 6.07) is 2.36. The summed E-state index contributed by atoms with van der Waals surface area (Å²) in [6.45, 7) is 3.51. The predicted molar refractivity (Wildman–Crippen MR) is 77.9 cm³/mol. The Labute approximate surface area is 135 Å². The number of rotatable bonds is 5. The number of methoxy groups -OCH3 is 1. The normalized spacial score (nSPS) is 12.8. The summed E-state index contributed by atoms with van der Waals surface area (Å²) in [5.74, 6) is -0.871. The molecule has 0 aliphatic heterocycles. The number of halogens is 3. The fourth-order valence-corrected chi connectivity index (χ4v) is 1.90. The van der Waals surface area contributed by atoms with Gasteiger partial charge in [0.1, 0.15) is 0 Å². The molecule has 1 atom stereocenters. The molecule has 10 heteroatoms. The van der Waals surface area contributed by atoms with E-state index in [-0.39, 0.29) is 17.7 Å². The number of amides is 1. The van der Waals surface area contributed by atoms with Crippen molar-refractivity contribution in [2.45, 2.75) is 32.5 Å². The van der Waals surface area contributed by atoms with Crippen LogP contribution in [0.4, 0.5) is 13.2 Å². The molecule has 2 heterocycles. The lowest BCUT2D eigenvalue weighted by atomic mass is 10.2. The minimum Gasteiger partial charge on any atom is -0.480 e. The second-order valence-corrected chi connectivity index (χ2v) is 5.03. The van der Waals surface area contributed by atoms with Crippen LogP contribution in [0.15, 0.2) is 18.3 Å². The molecule has 0 unspecified atom stereocenters. The fourth-order valence-electron chi connectivity index (χ4n) is 1.90. The summed E-state index contributed by atoms with van der Waals surface area (Å²) in [4.78, 5) is 12.1. The zero-order valence-corrected chi connectivity index (χ0v) is 13.3. The number of carbonyl (C=O) groups is 1. The molecule has 2 aromatic heterocycles. The van der Waals surface area contributed by atoms with Crippen LogP contribution >= 0.6 is 0 Å². The number of nitrogens with zero attached hydrogens (tertiary/aromatic N) is 4. The highest BCUT2D eigenvalue weighted by Gasteiger charge is 2.41. The molecule has 0 bridgehead atoms. The Kier molecular flexibility index (Phi) is 5.05. The molecule has 0 spiro atoms. The van der Waals surface area contributed by atoms with Crippen LogP contribution in [-0.4, -0.2) is 39.0 Å². The SMILES string of the molecule is CC[C@@H](C)NC(=O)c1cnn(-c2ccc(OC)nn2)c1C(F)(F)F. The molecule has 0 aromatic carbocycles. The van der Waals surface area contributed by atoms with Gasteiger partial charge in [0.25, 0.3) is 5.91 Å². The highest BCUT2D eigenvalue weighted by atomic mass is 19.4. The van der Waals surface area contributed by atoms with Gasteiger partial charge in [-0.3, -0.25) is 4.79 Å². The summed E-state index contributed by atoms with van der Waals surface area (Å²) in [5.41, 5.74) is -1.77. The largest absolute Gasteiger partial charge is 0.480 e. The molecule has 0 fully saturated rings. The van der Waals surface area contributed by atoms with Crippen molar-refractivity contribution in [1.82, 2.24) is 25.3 Å². The number of hydrogen-bond acceptors (Lipinski definition) is 5. The van der Waals surface area contributed by atoms with E-state index >= 15 is 0 Å². The maximum atomic E-state index is 13.4. The molecule has 24 heavy (non-hydrogen) atoms. The third-order valence-electron chi connectivity index (χ3n) is 3.32. The molecule has 1 amide bonds. The lowest BCUT2D eigenvalue weighted by Crippen LogP contribution is -2.33. The molecule has 2 aromatic rings. The first kappa shape index (κ1) is 17.7. The highest BCUT2D eigenvalue weighted by molar-refractivity contribution is 5.95. The van der Waals surface area contributed by atoms with Crippen molar-refractivity contribution in [3.63, 3.8) is 0 Å². The standard InChI is InChI=1S/C14H16F3N5O2/c1-4-8(2)19-13(23)9-7-18-22(12(9)14(15,16)17)10-5-6-11(24-3)21-20-10/h5-8H,4H2,1-3H3,(H,19,23)/t8-/m1/s1. The molecule has 0 aliphatic rings. The molecule has 0 aliphatic carbocycles. The van der Waals surface area contributed by atoms with Gasteiger partial charge in [0, 0.05) is 12.1 Å². The van der Waals surface area contributed by atoms with Crippen LogP contribution in [0, 0.1) is 0 Å². The monoisotopic (exact) mass is 343 g/mol. The highest BCUT2D eigenvalue weighted by Crippen LogP contribution is 2.33. The van der Waals surface area contributed by atoms with Gasteiger partial charge in [0.2, 0.25) is 5.88 Å². The van der Waals surface area contributed by atoms with E-state index in [4.69, 9.17) is 4.74 Å². The average molecular weight is 343 g/mol. The Balaban J connectivity index is 2.47. The van der Waals surface area contributed by atoms with Crippen LogP contribution in [0.2, 0.25) is 0 Å². The lowest BCUT2D eigenvalue weighted by molar-refractivity contribution is -0.143. The minimum atomic E-state index is -4.79.